The van der Waals surface area contributed by atoms with E-state index >= 15 is 0 Å². The molecule has 6 nitrogen and oxygen atoms in total. The van der Waals surface area contributed by atoms with E-state index in [0.29, 0.717) is 29.2 Å². The van der Waals surface area contributed by atoms with Gasteiger partial charge in [0.25, 0.3) is 0 Å². The van der Waals surface area contributed by atoms with Crippen LogP contribution in [0.3, 0.4) is 0 Å². The van der Waals surface area contributed by atoms with E-state index in [1.165, 1.54) is 11.1 Å². The summed E-state index contributed by atoms with van der Waals surface area (Å²) in [7, 11) is 0. The van der Waals surface area contributed by atoms with Gasteiger partial charge in [0.05, 0.1) is 18.4 Å². The van der Waals surface area contributed by atoms with E-state index in [9.17, 15) is 9.59 Å². The van der Waals surface area contributed by atoms with Gasteiger partial charge in [-0.25, -0.2) is 10.2 Å². The monoisotopic (exact) mass is 534 g/mol. The van der Waals surface area contributed by atoms with Crippen molar-refractivity contribution < 1.29 is 19.1 Å². The highest BCUT2D eigenvalue weighted by Gasteiger charge is 2.44. The molecule has 1 fully saturated rings. The summed E-state index contributed by atoms with van der Waals surface area (Å²) in [5.74, 6) is 0.342. The zero-order valence-corrected chi connectivity index (χ0v) is 23.3. The molecule has 1 amide bonds. The standard InChI is InChI=1S/C34H34N2O4/c1-5-39-31-19-22(13-18-30(31)40-33(38)27-12-8-10-23-9-6-7-11-26(23)27)21-35-36-32(37)29-20-28(29)24-14-16-25(17-15-24)34(2,3)4/h6-19,21,28-29H,5,20H2,1-4H3,(H,36,37). The lowest BCUT2D eigenvalue weighted by molar-refractivity contribution is -0.122. The molecule has 0 bridgehead atoms. The Balaban J connectivity index is 1.22. The number of nitrogens with zero attached hydrogens (tertiary/aromatic N) is 1. The van der Waals surface area contributed by atoms with Crippen LogP contribution in [0, 0.1) is 5.92 Å². The van der Waals surface area contributed by atoms with E-state index in [1.807, 2.05) is 43.3 Å². The van der Waals surface area contributed by atoms with Crippen LogP contribution in [0.5, 0.6) is 11.5 Å². The molecule has 0 heterocycles. The smallest absolute Gasteiger partial charge is 0.344 e. The van der Waals surface area contributed by atoms with Gasteiger partial charge in [-0.2, -0.15) is 5.10 Å². The predicted molar refractivity (Wildman–Crippen MR) is 158 cm³/mol. The molecule has 6 heteroatoms. The Bertz CT molecular complexity index is 1560. The fourth-order valence-corrected chi connectivity index (χ4v) is 4.85. The van der Waals surface area contributed by atoms with Crippen molar-refractivity contribution >= 4 is 28.9 Å². The molecule has 1 N–H and O–H groups in total. The first-order chi connectivity index (χ1) is 19.2. The van der Waals surface area contributed by atoms with Crippen LogP contribution in [0.15, 0.2) is 90.0 Å². The third-order valence-corrected chi connectivity index (χ3v) is 7.20. The van der Waals surface area contributed by atoms with Crippen LogP contribution in [0.2, 0.25) is 0 Å². The molecule has 0 aliphatic heterocycles. The van der Waals surface area contributed by atoms with Gasteiger partial charge in [-0.3, -0.25) is 4.79 Å². The van der Waals surface area contributed by atoms with Gasteiger partial charge in [0.2, 0.25) is 5.91 Å². The Kier molecular flexibility index (Phi) is 7.69. The van der Waals surface area contributed by atoms with Gasteiger partial charge in [-0.15, -0.1) is 0 Å². The van der Waals surface area contributed by atoms with Gasteiger partial charge in [-0.05, 0) is 76.4 Å². The van der Waals surface area contributed by atoms with Crippen LogP contribution in [0.25, 0.3) is 10.8 Å². The second-order valence-corrected chi connectivity index (χ2v) is 11.1. The number of benzene rings is 4. The first kappa shape index (κ1) is 27.1. The molecule has 0 radical (unpaired) electrons. The van der Waals surface area contributed by atoms with Crippen molar-refractivity contribution in [2.24, 2.45) is 11.0 Å². The van der Waals surface area contributed by atoms with Crippen molar-refractivity contribution in [2.45, 2.75) is 45.4 Å². The Morgan fingerprint density at radius 3 is 2.45 bits per heavy atom. The van der Waals surface area contributed by atoms with E-state index in [1.54, 1.807) is 30.5 Å². The zero-order chi connectivity index (χ0) is 28.3. The van der Waals surface area contributed by atoms with Gasteiger partial charge in [0.1, 0.15) is 0 Å². The summed E-state index contributed by atoms with van der Waals surface area (Å²) >= 11 is 0. The Labute approximate surface area is 235 Å². The average molecular weight is 535 g/mol. The lowest BCUT2D eigenvalue weighted by atomic mass is 9.86. The molecule has 40 heavy (non-hydrogen) atoms. The van der Waals surface area contributed by atoms with Crippen molar-refractivity contribution in [3.05, 3.63) is 107 Å². The highest BCUT2D eigenvalue weighted by Crippen LogP contribution is 2.47. The largest absolute Gasteiger partial charge is 0.490 e. The van der Waals surface area contributed by atoms with Crippen molar-refractivity contribution in [2.75, 3.05) is 6.61 Å². The molecule has 204 valence electrons. The molecule has 1 saturated carbocycles. The quantitative estimate of drug-likeness (QED) is 0.114. The molecule has 0 spiro atoms. The fourth-order valence-electron chi connectivity index (χ4n) is 4.85. The number of fused-ring (bicyclic) bond motifs is 1. The number of amides is 1. The van der Waals surface area contributed by atoms with Gasteiger partial charge >= 0.3 is 5.97 Å². The number of rotatable bonds is 8. The van der Waals surface area contributed by atoms with Gasteiger partial charge in [-0.1, -0.05) is 81.4 Å². The first-order valence-electron chi connectivity index (χ1n) is 13.6. The van der Waals surface area contributed by atoms with Gasteiger partial charge in [0, 0.05) is 5.92 Å². The van der Waals surface area contributed by atoms with E-state index in [2.05, 4.69) is 55.6 Å². The van der Waals surface area contributed by atoms with Crippen LogP contribution >= 0.6 is 0 Å². The number of hydrogen-bond acceptors (Lipinski definition) is 5. The minimum Gasteiger partial charge on any atom is -0.490 e. The lowest BCUT2D eigenvalue weighted by Crippen LogP contribution is -2.20. The van der Waals surface area contributed by atoms with E-state index < -0.39 is 5.97 Å². The molecule has 4 aromatic rings. The van der Waals surface area contributed by atoms with Crippen molar-refractivity contribution in [3.63, 3.8) is 0 Å². The van der Waals surface area contributed by atoms with E-state index in [4.69, 9.17) is 9.47 Å². The minimum atomic E-state index is -0.460. The van der Waals surface area contributed by atoms with Crippen LogP contribution in [-0.4, -0.2) is 24.7 Å². The van der Waals surface area contributed by atoms with Crippen molar-refractivity contribution in [3.8, 4) is 11.5 Å². The molecule has 5 rings (SSSR count). The molecular formula is C34H34N2O4. The van der Waals surface area contributed by atoms with Gasteiger partial charge in [0.15, 0.2) is 11.5 Å². The lowest BCUT2D eigenvalue weighted by Gasteiger charge is -2.19. The molecule has 2 atom stereocenters. The average Bonchev–Trinajstić information content (AvgIpc) is 3.75. The summed E-state index contributed by atoms with van der Waals surface area (Å²) in [4.78, 5) is 25.7. The first-order valence-corrected chi connectivity index (χ1v) is 13.6. The summed E-state index contributed by atoms with van der Waals surface area (Å²) in [5, 5.41) is 5.95. The number of hydrazone groups is 1. The highest BCUT2D eigenvalue weighted by atomic mass is 16.6. The number of carbonyl (C=O) groups excluding carboxylic acids is 2. The summed E-state index contributed by atoms with van der Waals surface area (Å²) < 4.78 is 11.5. The van der Waals surface area contributed by atoms with Crippen LogP contribution in [0.4, 0.5) is 0 Å². The van der Waals surface area contributed by atoms with Crippen molar-refractivity contribution in [1.82, 2.24) is 5.43 Å². The number of hydrogen-bond donors (Lipinski definition) is 1. The van der Waals surface area contributed by atoms with Crippen molar-refractivity contribution in [1.29, 1.82) is 0 Å². The maximum Gasteiger partial charge on any atom is 0.344 e. The van der Waals surface area contributed by atoms with Crippen LogP contribution in [-0.2, 0) is 10.2 Å². The SMILES string of the molecule is CCOc1cc(C=NNC(=O)C2CC2c2ccc(C(C)(C)C)cc2)ccc1OC(=O)c1cccc2ccccc12. The second-order valence-electron chi connectivity index (χ2n) is 11.1. The third kappa shape index (κ3) is 6.07. The maximum absolute atomic E-state index is 13.0. The normalized spacial score (nSPS) is 16.6. The highest BCUT2D eigenvalue weighted by molar-refractivity contribution is 6.05. The fraction of sp³-hybridized carbons (Fsp3) is 0.265. The molecule has 0 saturated heterocycles. The Morgan fingerprint density at radius 2 is 1.70 bits per heavy atom. The summed E-state index contributed by atoms with van der Waals surface area (Å²) in [6.45, 7) is 8.83. The molecule has 1 aliphatic rings. The maximum atomic E-state index is 13.0. The Morgan fingerprint density at radius 1 is 0.950 bits per heavy atom. The molecule has 2 unspecified atom stereocenters. The van der Waals surface area contributed by atoms with Crippen LogP contribution in [0.1, 0.15) is 67.1 Å². The number of carbonyl (C=O) groups is 2. The van der Waals surface area contributed by atoms with E-state index in [-0.39, 0.29) is 23.2 Å². The summed E-state index contributed by atoms with van der Waals surface area (Å²) in [5.41, 5.74) is 6.43. The molecule has 0 aromatic heterocycles. The van der Waals surface area contributed by atoms with Crippen LogP contribution < -0.4 is 14.9 Å². The third-order valence-electron chi connectivity index (χ3n) is 7.20. The Hall–Kier alpha value is -4.45. The van der Waals surface area contributed by atoms with Gasteiger partial charge < -0.3 is 9.47 Å². The molecule has 4 aromatic carbocycles. The number of ether oxygens (including phenoxy) is 2. The topological polar surface area (TPSA) is 77.0 Å². The van der Waals surface area contributed by atoms with E-state index in [0.717, 1.165) is 17.2 Å². The molecule has 1 aliphatic carbocycles. The second kappa shape index (κ2) is 11.3. The molecular weight excluding hydrogens is 500 g/mol. The minimum absolute atomic E-state index is 0.0764. The predicted octanol–water partition coefficient (Wildman–Crippen LogP) is 7.01. The number of esters is 1. The number of nitrogens with one attached hydrogen (secondary N) is 1. The zero-order valence-electron chi connectivity index (χ0n) is 23.3. The summed E-state index contributed by atoms with van der Waals surface area (Å²) in [6, 6.07) is 27.0. The summed E-state index contributed by atoms with van der Waals surface area (Å²) in [6.07, 6.45) is 2.38.